The van der Waals surface area contributed by atoms with E-state index >= 15 is 0 Å². The minimum absolute atomic E-state index is 0.0274. The van der Waals surface area contributed by atoms with Gasteiger partial charge in [0.25, 0.3) is 0 Å². The standard InChI is InChI=1S/C12H26N2/c1-3-12(13,4-2)10-14-9-5-6-11-7-8-11/h11,14H,3-10,13H2,1-2H3. The smallest absolute Gasteiger partial charge is 0.0275 e. The molecule has 0 heterocycles. The fourth-order valence-electron chi connectivity index (χ4n) is 1.76. The quantitative estimate of drug-likeness (QED) is 0.587. The molecule has 0 aromatic heterocycles. The van der Waals surface area contributed by atoms with Gasteiger partial charge in [0.1, 0.15) is 0 Å². The third-order valence-electron chi connectivity index (χ3n) is 3.55. The fraction of sp³-hybridized carbons (Fsp3) is 1.00. The monoisotopic (exact) mass is 198 g/mol. The molecule has 0 bridgehead atoms. The maximum Gasteiger partial charge on any atom is 0.0275 e. The van der Waals surface area contributed by atoms with Gasteiger partial charge in [-0.15, -0.1) is 0 Å². The molecule has 0 amide bonds. The van der Waals surface area contributed by atoms with Crippen molar-refractivity contribution in [2.75, 3.05) is 13.1 Å². The molecule has 14 heavy (non-hydrogen) atoms. The largest absolute Gasteiger partial charge is 0.324 e. The van der Waals surface area contributed by atoms with E-state index in [0.29, 0.717) is 0 Å². The topological polar surface area (TPSA) is 38.0 Å². The van der Waals surface area contributed by atoms with Gasteiger partial charge in [0.15, 0.2) is 0 Å². The van der Waals surface area contributed by atoms with Crippen LogP contribution >= 0.6 is 0 Å². The first-order chi connectivity index (χ1) is 6.70. The van der Waals surface area contributed by atoms with Crippen LogP contribution in [0.3, 0.4) is 0 Å². The predicted octanol–water partition coefficient (Wildman–Crippen LogP) is 2.28. The first-order valence-corrected chi connectivity index (χ1v) is 6.20. The molecule has 1 fully saturated rings. The molecular weight excluding hydrogens is 172 g/mol. The van der Waals surface area contributed by atoms with Gasteiger partial charge in [-0.05, 0) is 38.1 Å². The second-order valence-electron chi connectivity index (χ2n) is 4.83. The lowest BCUT2D eigenvalue weighted by atomic mass is 9.94. The van der Waals surface area contributed by atoms with Crippen molar-refractivity contribution in [3.8, 4) is 0 Å². The Morgan fingerprint density at radius 2 is 1.93 bits per heavy atom. The molecule has 0 saturated heterocycles. The van der Waals surface area contributed by atoms with Gasteiger partial charge in [0.2, 0.25) is 0 Å². The number of nitrogens with two attached hydrogens (primary N) is 1. The van der Waals surface area contributed by atoms with E-state index < -0.39 is 0 Å². The van der Waals surface area contributed by atoms with Gasteiger partial charge < -0.3 is 11.1 Å². The van der Waals surface area contributed by atoms with Crippen LogP contribution in [-0.4, -0.2) is 18.6 Å². The van der Waals surface area contributed by atoms with Gasteiger partial charge in [-0.2, -0.15) is 0 Å². The van der Waals surface area contributed by atoms with E-state index in [2.05, 4.69) is 19.2 Å². The molecule has 1 saturated carbocycles. The van der Waals surface area contributed by atoms with Crippen molar-refractivity contribution in [1.82, 2.24) is 5.32 Å². The highest BCUT2D eigenvalue weighted by Gasteiger charge is 2.21. The van der Waals surface area contributed by atoms with Gasteiger partial charge in [-0.1, -0.05) is 26.7 Å². The zero-order valence-electron chi connectivity index (χ0n) is 9.81. The Hall–Kier alpha value is -0.0800. The van der Waals surface area contributed by atoms with E-state index in [1.54, 1.807) is 0 Å². The van der Waals surface area contributed by atoms with E-state index in [4.69, 9.17) is 5.73 Å². The summed E-state index contributed by atoms with van der Waals surface area (Å²) in [6.45, 7) is 6.48. The van der Waals surface area contributed by atoms with Crippen LogP contribution in [-0.2, 0) is 0 Å². The average Bonchev–Trinajstić information content (AvgIpc) is 3.01. The summed E-state index contributed by atoms with van der Waals surface area (Å²) in [5, 5.41) is 3.49. The highest BCUT2D eigenvalue weighted by molar-refractivity contribution is 4.83. The summed E-state index contributed by atoms with van der Waals surface area (Å²) in [4.78, 5) is 0. The summed E-state index contributed by atoms with van der Waals surface area (Å²) in [5.41, 5.74) is 6.22. The van der Waals surface area contributed by atoms with Crippen LogP contribution in [0.15, 0.2) is 0 Å². The molecule has 0 spiro atoms. The molecule has 0 aromatic rings. The lowest BCUT2D eigenvalue weighted by Gasteiger charge is -2.26. The average molecular weight is 198 g/mol. The molecule has 3 N–H and O–H groups in total. The van der Waals surface area contributed by atoms with Gasteiger partial charge in [0.05, 0.1) is 0 Å². The third-order valence-corrected chi connectivity index (χ3v) is 3.55. The van der Waals surface area contributed by atoms with Crippen molar-refractivity contribution < 1.29 is 0 Å². The number of hydrogen-bond acceptors (Lipinski definition) is 2. The Morgan fingerprint density at radius 1 is 1.29 bits per heavy atom. The summed E-state index contributed by atoms with van der Waals surface area (Å²) in [5.74, 6) is 1.07. The van der Waals surface area contributed by atoms with Crippen LogP contribution < -0.4 is 11.1 Å². The summed E-state index contributed by atoms with van der Waals surface area (Å²) in [6, 6.07) is 0. The molecule has 0 aromatic carbocycles. The Bertz CT molecular complexity index is 148. The summed E-state index contributed by atoms with van der Waals surface area (Å²) in [6.07, 6.45) is 7.84. The van der Waals surface area contributed by atoms with Crippen molar-refractivity contribution in [3.05, 3.63) is 0 Å². The van der Waals surface area contributed by atoms with Crippen LogP contribution in [0.2, 0.25) is 0 Å². The SMILES string of the molecule is CCC(N)(CC)CNCCCC1CC1. The maximum atomic E-state index is 6.19. The number of nitrogens with one attached hydrogen (secondary N) is 1. The van der Waals surface area contributed by atoms with Crippen molar-refractivity contribution in [1.29, 1.82) is 0 Å². The number of hydrogen-bond donors (Lipinski definition) is 2. The molecule has 2 heteroatoms. The molecule has 1 aliphatic carbocycles. The van der Waals surface area contributed by atoms with Crippen molar-refractivity contribution in [2.45, 2.75) is 57.9 Å². The van der Waals surface area contributed by atoms with E-state index in [0.717, 1.165) is 31.8 Å². The molecular formula is C12H26N2. The van der Waals surface area contributed by atoms with Crippen LogP contribution in [0.25, 0.3) is 0 Å². The third kappa shape index (κ3) is 4.43. The second kappa shape index (κ2) is 5.72. The van der Waals surface area contributed by atoms with Crippen LogP contribution in [0.1, 0.15) is 52.4 Å². The van der Waals surface area contributed by atoms with Crippen molar-refractivity contribution in [3.63, 3.8) is 0 Å². The normalized spacial score (nSPS) is 17.4. The molecule has 0 aliphatic heterocycles. The number of rotatable bonds is 8. The molecule has 0 radical (unpaired) electrons. The van der Waals surface area contributed by atoms with E-state index in [1.807, 2.05) is 0 Å². The van der Waals surface area contributed by atoms with Gasteiger partial charge in [-0.25, -0.2) is 0 Å². The van der Waals surface area contributed by atoms with E-state index in [-0.39, 0.29) is 5.54 Å². The van der Waals surface area contributed by atoms with Crippen LogP contribution in [0.4, 0.5) is 0 Å². The minimum atomic E-state index is 0.0274. The fourth-order valence-corrected chi connectivity index (χ4v) is 1.76. The highest BCUT2D eigenvalue weighted by Crippen LogP contribution is 2.33. The Balaban J connectivity index is 1.95. The van der Waals surface area contributed by atoms with Gasteiger partial charge in [0, 0.05) is 12.1 Å². The van der Waals surface area contributed by atoms with Gasteiger partial charge in [-0.3, -0.25) is 0 Å². The maximum absolute atomic E-state index is 6.19. The minimum Gasteiger partial charge on any atom is -0.324 e. The lowest BCUT2D eigenvalue weighted by Crippen LogP contribution is -2.47. The van der Waals surface area contributed by atoms with Gasteiger partial charge >= 0.3 is 0 Å². The summed E-state index contributed by atoms with van der Waals surface area (Å²) < 4.78 is 0. The first-order valence-electron chi connectivity index (χ1n) is 6.20. The molecule has 1 aliphatic rings. The Morgan fingerprint density at radius 3 is 2.43 bits per heavy atom. The zero-order valence-corrected chi connectivity index (χ0v) is 9.81. The zero-order chi connectivity index (χ0) is 10.4. The molecule has 1 rings (SSSR count). The van der Waals surface area contributed by atoms with Crippen LogP contribution in [0.5, 0.6) is 0 Å². The first kappa shape index (κ1) is 12.0. The summed E-state index contributed by atoms with van der Waals surface area (Å²) >= 11 is 0. The van der Waals surface area contributed by atoms with E-state index in [1.165, 1.54) is 25.7 Å². The predicted molar refractivity (Wildman–Crippen MR) is 62.3 cm³/mol. The lowest BCUT2D eigenvalue weighted by molar-refractivity contribution is 0.367. The van der Waals surface area contributed by atoms with Crippen molar-refractivity contribution >= 4 is 0 Å². The Labute approximate surface area is 88.6 Å². The van der Waals surface area contributed by atoms with Crippen molar-refractivity contribution in [2.24, 2.45) is 11.7 Å². The molecule has 0 atom stereocenters. The van der Waals surface area contributed by atoms with E-state index in [9.17, 15) is 0 Å². The Kier molecular flexibility index (Phi) is 4.90. The molecule has 2 nitrogen and oxygen atoms in total. The highest BCUT2D eigenvalue weighted by atomic mass is 14.9. The second-order valence-corrected chi connectivity index (χ2v) is 4.83. The molecule has 84 valence electrons. The molecule has 0 unspecified atom stereocenters. The summed E-state index contributed by atoms with van der Waals surface area (Å²) in [7, 11) is 0. The van der Waals surface area contributed by atoms with Crippen LogP contribution in [0, 0.1) is 5.92 Å².